The largest absolute Gasteiger partial charge is 0.315 e. The number of carbonyl (C=O) groups excluding carboxylic acids is 1. The van der Waals surface area contributed by atoms with Gasteiger partial charge in [-0.05, 0) is 32.9 Å². The average molecular weight is 212 g/mol. The van der Waals surface area contributed by atoms with E-state index in [2.05, 4.69) is 17.1 Å². The van der Waals surface area contributed by atoms with Crippen LogP contribution in [-0.2, 0) is 4.79 Å². The van der Waals surface area contributed by atoms with Crippen LogP contribution >= 0.6 is 0 Å². The summed E-state index contributed by atoms with van der Waals surface area (Å²) in [5.41, 5.74) is 0. The van der Waals surface area contributed by atoms with Crippen LogP contribution in [-0.4, -0.2) is 43.4 Å². The highest BCUT2D eigenvalue weighted by atomic mass is 16.1. The van der Waals surface area contributed by atoms with Crippen molar-refractivity contribution >= 4 is 5.78 Å². The Morgan fingerprint density at radius 2 is 2.27 bits per heavy atom. The molecule has 0 aromatic rings. The molecule has 15 heavy (non-hydrogen) atoms. The van der Waals surface area contributed by atoms with Crippen LogP contribution in [0.5, 0.6) is 0 Å². The molecule has 1 unspecified atom stereocenters. The zero-order chi connectivity index (χ0) is 11.1. The molecule has 0 spiro atoms. The molecular weight excluding hydrogens is 188 g/mol. The molecule has 0 bridgehead atoms. The lowest BCUT2D eigenvalue weighted by Crippen LogP contribution is -2.31. The van der Waals surface area contributed by atoms with Gasteiger partial charge in [-0.3, -0.25) is 4.79 Å². The lowest BCUT2D eigenvalue weighted by atomic mass is 10.1. The molecule has 0 radical (unpaired) electrons. The van der Waals surface area contributed by atoms with E-state index in [1.54, 1.807) is 6.92 Å². The molecular formula is C12H24N2O. The van der Waals surface area contributed by atoms with Crippen LogP contribution in [0.2, 0.25) is 0 Å². The number of nitrogens with one attached hydrogen (secondary N) is 1. The number of ketones is 1. The summed E-state index contributed by atoms with van der Waals surface area (Å²) in [6.07, 6.45) is 3.57. The molecule has 0 saturated carbocycles. The fourth-order valence-corrected chi connectivity index (χ4v) is 2.03. The second kappa shape index (κ2) is 6.96. The van der Waals surface area contributed by atoms with E-state index in [0.29, 0.717) is 11.7 Å². The summed E-state index contributed by atoms with van der Waals surface area (Å²) in [7, 11) is 0. The van der Waals surface area contributed by atoms with E-state index in [0.717, 1.165) is 39.1 Å². The minimum Gasteiger partial charge on any atom is -0.315 e. The normalized spacial score (nSPS) is 22.1. The third-order valence-corrected chi connectivity index (χ3v) is 3.16. The molecule has 1 N–H and O–H groups in total. The SMILES string of the molecule is CCCCNCCN1CCC(C(C)=O)C1. The Morgan fingerprint density at radius 3 is 2.87 bits per heavy atom. The highest BCUT2D eigenvalue weighted by Gasteiger charge is 2.24. The summed E-state index contributed by atoms with van der Waals surface area (Å²) < 4.78 is 0. The number of Topliss-reactive ketones (excluding diaryl/α,β-unsaturated/α-hetero) is 1. The van der Waals surface area contributed by atoms with Crippen LogP contribution < -0.4 is 5.32 Å². The van der Waals surface area contributed by atoms with Gasteiger partial charge in [-0.25, -0.2) is 0 Å². The molecule has 88 valence electrons. The van der Waals surface area contributed by atoms with E-state index in [1.807, 2.05) is 0 Å². The molecule has 1 heterocycles. The Labute approximate surface area is 93.2 Å². The van der Waals surface area contributed by atoms with Gasteiger partial charge in [0.2, 0.25) is 0 Å². The first-order valence-corrected chi connectivity index (χ1v) is 6.17. The van der Waals surface area contributed by atoms with Gasteiger partial charge in [-0.15, -0.1) is 0 Å². The van der Waals surface area contributed by atoms with Crippen molar-refractivity contribution in [2.24, 2.45) is 5.92 Å². The van der Waals surface area contributed by atoms with Crippen LogP contribution in [0.1, 0.15) is 33.1 Å². The highest BCUT2D eigenvalue weighted by molar-refractivity contribution is 5.78. The Hall–Kier alpha value is -0.410. The number of rotatable bonds is 7. The molecule has 0 aliphatic carbocycles. The van der Waals surface area contributed by atoms with E-state index < -0.39 is 0 Å². The molecule has 0 aromatic heterocycles. The lowest BCUT2D eigenvalue weighted by molar-refractivity contribution is -0.120. The highest BCUT2D eigenvalue weighted by Crippen LogP contribution is 2.15. The first-order chi connectivity index (χ1) is 7.24. The number of carbonyl (C=O) groups is 1. The van der Waals surface area contributed by atoms with Crippen molar-refractivity contribution in [3.05, 3.63) is 0 Å². The molecule has 1 fully saturated rings. The van der Waals surface area contributed by atoms with Crippen LogP contribution in [0, 0.1) is 5.92 Å². The maximum atomic E-state index is 11.2. The van der Waals surface area contributed by atoms with Crippen LogP contribution in [0.3, 0.4) is 0 Å². The van der Waals surface area contributed by atoms with Gasteiger partial charge >= 0.3 is 0 Å². The van der Waals surface area contributed by atoms with Crippen LogP contribution in [0.25, 0.3) is 0 Å². The maximum absolute atomic E-state index is 11.2. The topological polar surface area (TPSA) is 32.3 Å². The van der Waals surface area contributed by atoms with Crippen molar-refractivity contribution in [3.63, 3.8) is 0 Å². The zero-order valence-corrected chi connectivity index (χ0v) is 10.1. The van der Waals surface area contributed by atoms with E-state index in [-0.39, 0.29) is 0 Å². The number of nitrogens with zero attached hydrogens (tertiary/aromatic N) is 1. The Balaban J connectivity index is 2.01. The molecule has 1 rings (SSSR count). The van der Waals surface area contributed by atoms with Gasteiger partial charge in [-0.1, -0.05) is 13.3 Å². The van der Waals surface area contributed by atoms with Crippen molar-refractivity contribution in [2.75, 3.05) is 32.7 Å². The summed E-state index contributed by atoms with van der Waals surface area (Å²) in [6, 6.07) is 0. The molecule has 1 aliphatic rings. The van der Waals surface area contributed by atoms with Crippen LogP contribution in [0.15, 0.2) is 0 Å². The number of hydrogen-bond acceptors (Lipinski definition) is 3. The summed E-state index contributed by atoms with van der Waals surface area (Å²) in [6.45, 7) is 9.27. The van der Waals surface area contributed by atoms with Crippen molar-refractivity contribution in [3.8, 4) is 0 Å². The van der Waals surface area contributed by atoms with Crippen LogP contribution in [0.4, 0.5) is 0 Å². The first kappa shape index (κ1) is 12.7. The third kappa shape index (κ3) is 4.76. The van der Waals surface area contributed by atoms with Gasteiger partial charge < -0.3 is 10.2 Å². The minimum atomic E-state index is 0.306. The summed E-state index contributed by atoms with van der Waals surface area (Å²) in [5.74, 6) is 0.664. The van der Waals surface area contributed by atoms with Gasteiger partial charge in [0.05, 0.1) is 0 Å². The lowest BCUT2D eigenvalue weighted by Gasteiger charge is -2.15. The molecule has 1 aliphatic heterocycles. The van der Waals surface area contributed by atoms with Gasteiger partial charge in [0.1, 0.15) is 5.78 Å². The first-order valence-electron chi connectivity index (χ1n) is 6.17. The Morgan fingerprint density at radius 1 is 1.47 bits per heavy atom. The molecule has 3 nitrogen and oxygen atoms in total. The molecule has 0 aromatic carbocycles. The van der Waals surface area contributed by atoms with Gasteiger partial charge in [0.15, 0.2) is 0 Å². The number of hydrogen-bond donors (Lipinski definition) is 1. The quantitative estimate of drug-likeness (QED) is 0.645. The molecule has 1 saturated heterocycles. The molecule has 3 heteroatoms. The van der Waals surface area contributed by atoms with Gasteiger partial charge in [-0.2, -0.15) is 0 Å². The van der Waals surface area contributed by atoms with E-state index >= 15 is 0 Å². The van der Waals surface area contributed by atoms with E-state index in [4.69, 9.17) is 0 Å². The van der Waals surface area contributed by atoms with Crippen molar-refractivity contribution in [1.82, 2.24) is 10.2 Å². The second-order valence-corrected chi connectivity index (χ2v) is 4.50. The number of unbranched alkanes of at least 4 members (excludes halogenated alkanes) is 1. The van der Waals surface area contributed by atoms with E-state index in [1.165, 1.54) is 12.8 Å². The van der Waals surface area contributed by atoms with Crippen molar-refractivity contribution < 1.29 is 4.79 Å². The number of likely N-dealkylation sites (tertiary alicyclic amines) is 1. The van der Waals surface area contributed by atoms with Gasteiger partial charge in [0.25, 0.3) is 0 Å². The summed E-state index contributed by atoms with van der Waals surface area (Å²) >= 11 is 0. The van der Waals surface area contributed by atoms with E-state index in [9.17, 15) is 4.79 Å². The maximum Gasteiger partial charge on any atom is 0.134 e. The predicted molar refractivity (Wildman–Crippen MR) is 63.0 cm³/mol. The monoisotopic (exact) mass is 212 g/mol. The fraction of sp³-hybridized carbons (Fsp3) is 0.917. The minimum absolute atomic E-state index is 0.306. The van der Waals surface area contributed by atoms with Crippen molar-refractivity contribution in [2.45, 2.75) is 33.1 Å². The van der Waals surface area contributed by atoms with Crippen molar-refractivity contribution in [1.29, 1.82) is 0 Å². The third-order valence-electron chi connectivity index (χ3n) is 3.16. The predicted octanol–water partition coefficient (Wildman–Crippen LogP) is 1.29. The summed E-state index contributed by atoms with van der Waals surface area (Å²) in [5, 5.41) is 3.43. The summed E-state index contributed by atoms with van der Waals surface area (Å²) in [4.78, 5) is 13.6. The molecule has 0 amide bonds. The zero-order valence-electron chi connectivity index (χ0n) is 10.1. The fourth-order valence-electron chi connectivity index (χ4n) is 2.03. The standard InChI is InChI=1S/C12H24N2O/c1-3-4-6-13-7-9-14-8-5-12(10-14)11(2)15/h12-13H,3-10H2,1-2H3. The average Bonchev–Trinajstić information content (AvgIpc) is 2.66. The Bertz CT molecular complexity index is 194. The molecule has 1 atom stereocenters. The van der Waals surface area contributed by atoms with Gasteiger partial charge in [0, 0.05) is 25.6 Å². The smallest absolute Gasteiger partial charge is 0.134 e. The second-order valence-electron chi connectivity index (χ2n) is 4.50. The Kier molecular flexibility index (Phi) is 5.88.